The van der Waals surface area contributed by atoms with Crippen molar-refractivity contribution in [3.8, 4) is 0 Å². The maximum Gasteiger partial charge on any atom is 0.328 e. The number of primary amides is 2. The Balaban J connectivity index is 2.37. The number of aromatic amines is 1. The van der Waals surface area contributed by atoms with E-state index in [2.05, 4.69) is 68.5 Å². The normalized spacial score (nSPS) is 17.4. The molecule has 107 heavy (non-hydrogen) atoms. The largest absolute Gasteiger partial charge is 0.480 e. The number of aliphatic hydroxyl groups is 4. The lowest BCUT2D eigenvalue weighted by Gasteiger charge is -2.31. The molecule has 0 bridgehead atoms. The van der Waals surface area contributed by atoms with Crippen LogP contribution in [0.2, 0.25) is 0 Å². The molecule has 1 aromatic heterocycles. The number of amides is 15. The molecule has 1 fully saturated rings. The predicted octanol–water partition coefficient (Wildman–Crippen LogP) is -8.91. The summed E-state index contributed by atoms with van der Waals surface area (Å²) in [6.45, 7) is 9.62. The fraction of sp³-hybridized carbons (Fsp3) is 0.712. The molecule has 2 rings (SSSR count). The number of aliphatic carboxylic acids is 1. The zero-order chi connectivity index (χ0) is 80.9. The summed E-state index contributed by atoms with van der Waals surface area (Å²) in [5, 5.41) is 79.2. The van der Waals surface area contributed by atoms with E-state index < -0.39 is 236 Å². The van der Waals surface area contributed by atoms with Crippen LogP contribution in [0.3, 0.4) is 0 Å². The number of unbranched alkanes of at least 4 members (excludes halogenated alkanes) is 2. The molecule has 1 aliphatic rings. The average Bonchev–Trinajstić information content (AvgIpc) is 1.08. The van der Waals surface area contributed by atoms with Crippen LogP contribution >= 0.6 is 0 Å². The number of H-pyrrole nitrogens is 1. The first-order valence-electron chi connectivity index (χ1n) is 35.9. The van der Waals surface area contributed by atoms with Crippen molar-refractivity contribution in [1.82, 2.24) is 78.7 Å². The monoisotopic (exact) mass is 1520 g/mol. The van der Waals surface area contributed by atoms with Gasteiger partial charge < -0.3 is 128 Å². The zero-order valence-corrected chi connectivity index (χ0v) is 61.9. The van der Waals surface area contributed by atoms with Gasteiger partial charge in [0.05, 0.1) is 50.8 Å². The standard InChI is InChI=1S/C66H114N20O21/c1-9-32(4)49(71)60(100)76-39(18-13-15-23-68)57(97)84-53(36(8)90)64(104)85-52(35(7)89)63(103)80-43(29-87)54(94)73-28-48(93)82-50(33(5)10-2)61(101)79-42(25-37-27-72-31-74-37)65(105)86-24-16-19-45(86)59(99)75-38(17-12-14-22-67)55(95)78-41(26-47(70)92)58(98)83-51(34(6)11-3)62(102)77-40(20-21-46(69)91)56(96)81-44(30-88)66(106)107/h27,31-36,38-45,49-53,87-90H,9-26,28-30,67-68,71H2,1-8H3,(H2,69,91)(H2,70,92)(H,72,74)(H,73,94)(H,75,99)(H,76,100)(H,77,102)(H,78,95)(H,79,101)(H,80,103)(H,81,96)(H,82,93)(H,83,98)(H,84,97)(H,85,104)(H,106,107)/t32-,33-,34-,35+,36+,38-,39-,40-,41-,42-,43-,44-,45-,49-,50-,51-,52-,53-/m0/s1. The van der Waals surface area contributed by atoms with Gasteiger partial charge in [-0.15, -0.1) is 0 Å². The van der Waals surface area contributed by atoms with Crippen molar-refractivity contribution in [2.75, 3.05) is 39.4 Å². The third kappa shape index (κ3) is 31.4. The van der Waals surface area contributed by atoms with E-state index >= 15 is 0 Å². The summed E-state index contributed by atoms with van der Waals surface area (Å²) in [6, 6.07) is -20.2. The maximum atomic E-state index is 14.9. The molecule has 41 nitrogen and oxygen atoms in total. The van der Waals surface area contributed by atoms with E-state index in [4.69, 9.17) is 28.7 Å². The van der Waals surface area contributed by atoms with Crippen molar-refractivity contribution >= 4 is 94.6 Å². The number of nitrogens with zero attached hydrogens (tertiary/aromatic N) is 2. The van der Waals surface area contributed by atoms with Crippen LogP contribution in [0.1, 0.15) is 151 Å². The van der Waals surface area contributed by atoms with Crippen LogP contribution in [0.25, 0.3) is 0 Å². The Hall–Kier alpha value is -9.55. The zero-order valence-electron chi connectivity index (χ0n) is 61.9. The second-order valence-corrected chi connectivity index (χ2v) is 26.7. The number of nitrogens with one attached hydrogen (secondary N) is 13. The van der Waals surface area contributed by atoms with Gasteiger partial charge in [-0.3, -0.25) is 71.9 Å². The van der Waals surface area contributed by atoms with Crippen molar-refractivity contribution < 1.29 is 102 Å². The van der Waals surface area contributed by atoms with Gasteiger partial charge in [0.25, 0.3) is 0 Å². The van der Waals surface area contributed by atoms with E-state index in [1.807, 2.05) is 12.2 Å². The summed E-state index contributed by atoms with van der Waals surface area (Å²) in [5.74, 6) is -18.3. The highest BCUT2D eigenvalue weighted by Crippen LogP contribution is 2.22. The van der Waals surface area contributed by atoms with Crippen LogP contribution in [0.15, 0.2) is 12.5 Å². The number of aromatic nitrogens is 2. The van der Waals surface area contributed by atoms with Crippen LogP contribution in [0.4, 0.5) is 0 Å². The minimum atomic E-state index is -1.90. The fourth-order valence-electron chi connectivity index (χ4n) is 11.0. The van der Waals surface area contributed by atoms with E-state index in [1.54, 1.807) is 27.7 Å². The van der Waals surface area contributed by atoms with Crippen molar-refractivity contribution in [3.05, 3.63) is 18.2 Å². The highest BCUT2D eigenvalue weighted by atomic mass is 16.4. The number of rotatable bonds is 51. The van der Waals surface area contributed by atoms with Gasteiger partial charge in [-0.1, -0.05) is 60.8 Å². The molecule has 15 amide bonds. The molecule has 41 heteroatoms. The first-order chi connectivity index (χ1) is 50.4. The molecule has 1 aliphatic heterocycles. The number of aliphatic hydroxyl groups excluding tert-OH is 4. The number of carboxylic acid groups (broad SMARTS) is 1. The maximum absolute atomic E-state index is 14.9. The highest BCUT2D eigenvalue weighted by Gasteiger charge is 2.43. The lowest BCUT2D eigenvalue weighted by Crippen LogP contribution is -2.63. The topological polar surface area (TPSA) is 681 Å². The molecular weight excluding hydrogens is 1410 g/mol. The Morgan fingerprint density at radius 2 is 0.963 bits per heavy atom. The summed E-state index contributed by atoms with van der Waals surface area (Å²) in [6.07, 6.45) is -0.0571. The lowest BCUT2D eigenvalue weighted by atomic mass is 9.96. The summed E-state index contributed by atoms with van der Waals surface area (Å²) < 4.78 is 0. The molecule has 0 radical (unpaired) electrons. The summed E-state index contributed by atoms with van der Waals surface area (Å²) in [4.78, 5) is 224. The molecule has 0 aliphatic carbocycles. The molecule has 0 spiro atoms. The summed E-state index contributed by atoms with van der Waals surface area (Å²) in [5.41, 5.74) is 28.7. The number of hydrogen-bond donors (Lipinski definition) is 23. The van der Waals surface area contributed by atoms with Gasteiger partial charge in [0.2, 0.25) is 88.6 Å². The van der Waals surface area contributed by atoms with Crippen LogP contribution in [-0.2, 0) is 83.1 Å². The van der Waals surface area contributed by atoms with Crippen molar-refractivity contribution in [1.29, 1.82) is 0 Å². The van der Waals surface area contributed by atoms with E-state index in [-0.39, 0.29) is 76.9 Å². The van der Waals surface area contributed by atoms with Gasteiger partial charge in [0, 0.05) is 31.3 Å². The Kier molecular flexibility index (Phi) is 41.9. The van der Waals surface area contributed by atoms with Crippen molar-refractivity contribution in [2.45, 2.75) is 242 Å². The Labute approximate surface area is 619 Å². The molecule has 0 unspecified atom stereocenters. The third-order valence-corrected chi connectivity index (χ3v) is 18.3. The van der Waals surface area contributed by atoms with Gasteiger partial charge in [0.15, 0.2) is 0 Å². The molecule has 28 N–H and O–H groups in total. The molecule has 0 aromatic carbocycles. The minimum absolute atomic E-state index is 0.0373. The van der Waals surface area contributed by atoms with Gasteiger partial charge in [-0.2, -0.15) is 0 Å². The molecule has 1 saturated heterocycles. The third-order valence-electron chi connectivity index (χ3n) is 18.3. The smallest absolute Gasteiger partial charge is 0.328 e. The van der Waals surface area contributed by atoms with Crippen molar-refractivity contribution in [2.24, 2.45) is 46.4 Å². The Bertz CT molecular complexity index is 3150. The Morgan fingerprint density at radius 1 is 0.523 bits per heavy atom. The second kappa shape index (κ2) is 47.9. The lowest BCUT2D eigenvalue weighted by molar-refractivity contribution is -0.143. The van der Waals surface area contributed by atoms with Crippen LogP contribution in [0, 0.1) is 17.8 Å². The van der Waals surface area contributed by atoms with Crippen molar-refractivity contribution in [3.63, 3.8) is 0 Å². The molecule has 604 valence electrons. The average molecular weight is 1520 g/mol. The highest BCUT2D eigenvalue weighted by molar-refractivity contribution is 6.01. The molecule has 0 saturated carbocycles. The van der Waals surface area contributed by atoms with Gasteiger partial charge in [-0.05, 0) is 102 Å². The van der Waals surface area contributed by atoms with Gasteiger partial charge in [-0.25, -0.2) is 9.78 Å². The quantitative estimate of drug-likeness (QED) is 0.0269. The fourth-order valence-corrected chi connectivity index (χ4v) is 11.0. The van der Waals surface area contributed by atoms with Gasteiger partial charge in [0.1, 0.15) is 72.5 Å². The number of imidazole rings is 1. The number of nitrogens with two attached hydrogens (primary N) is 5. The molecule has 2 heterocycles. The number of hydrogen-bond acceptors (Lipinski definition) is 24. The number of carbonyl (C=O) groups excluding carboxylic acids is 15. The number of likely N-dealkylation sites (tertiary alicyclic amines) is 1. The first kappa shape index (κ1) is 93.5. The Morgan fingerprint density at radius 3 is 1.45 bits per heavy atom. The van der Waals surface area contributed by atoms with E-state index in [0.717, 1.165) is 13.8 Å². The van der Waals surface area contributed by atoms with Gasteiger partial charge >= 0.3 is 5.97 Å². The number of carboxylic acids is 1. The second-order valence-electron chi connectivity index (χ2n) is 26.7. The minimum Gasteiger partial charge on any atom is -0.480 e. The predicted molar refractivity (Wildman–Crippen MR) is 381 cm³/mol. The summed E-state index contributed by atoms with van der Waals surface area (Å²) >= 11 is 0. The first-order valence-corrected chi connectivity index (χ1v) is 35.9. The molecular formula is C66H114N20O21. The van der Waals surface area contributed by atoms with Crippen LogP contribution in [0.5, 0.6) is 0 Å². The number of carbonyl (C=O) groups is 16. The van der Waals surface area contributed by atoms with E-state index in [1.165, 1.54) is 24.3 Å². The SMILES string of the molecule is CC[C@H](C)[C@H](N)C(=O)N[C@@H](CCCCN)C(=O)N[C@H](C(=O)N[C@H](C(=O)N[C@@H](CO)C(=O)NCC(=O)N[C@H](C(=O)N[C@@H](Cc1cnc[nH]1)C(=O)N1CCC[C@H]1C(=O)N[C@@H](CCCCN)C(=O)N[C@@H](CC(N)=O)C(=O)N[C@H](C(=O)N[C@@H](CCC(N)=O)C(=O)N[C@@H](CO)C(=O)O)[C@@H](C)CC)[C@@H](C)CC)[C@@H](C)O)[C@@H](C)O. The van der Waals surface area contributed by atoms with Crippen LogP contribution in [-0.4, -0.2) is 265 Å². The van der Waals surface area contributed by atoms with Crippen LogP contribution < -0.4 is 92.5 Å². The molecule has 18 atom stereocenters. The van der Waals surface area contributed by atoms with E-state index in [0.29, 0.717) is 31.4 Å². The molecule has 1 aromatic rings. The summed E-state index contributed by atoms with van der Waals surface area (Å²) in [7, 11) is 0. The van der Waals surface area contributed by atoms with E-state index in [9.17, 15) is 102 Å².